The zero-order valence-electron chi connectivity index (χ0n) is 10.9. The summed E-state index contributed by atoms with van der Waals surface area (Å²) in [6, 6.07) is 15.1. The van der Waals surface area contributed by atoms with Crippen molar-refractivity contribution in [2.75, 3.05) is 0 Å². The first-order valence-corrected chi connectivity index (χ1v) is 8.08. The van der Waals surface area contributed by atoms with E-state index in [0.29, 0.717) is 15.0 Å². The van der Waals surface area contributed by atoms with Crippen LogP contribution in [0.25, 0.3) is 10.8 Å². The van der Waals surface area contributed by atoms with Gasteiger partial charge in [-0.05, 0) is 0 Å². The minimum atomic E-state index is -0.174. The SMILES string of the molecule is CCC(C)(N)/C=C/[Se]c1cccc2ccccc12. The van der Waals surface area contributed by atoms with Crippen molar-refractivity contribution < 1.29 is 0 Å². The molecule has 0 spiro atoms. The minimum absolute atomic E-state index is 0.174. The van der Waals surface area contributed by atoms with Crippen molar-refractivity contribution in [2.45, 2.75) is 25.8 Å². The summed E-state index contributed by atoms with van der Waals surface area (Å²) in [5.74, 6) is 0. The molecule has 2 N–H and O–H groups in total. The van der Waals surface area contributed by atoms with Crippen LogP contribution in [0.3, 0.4) is 0 Å². The van der Waals surface area contributed by atoms with Crippen LogP contribution in [0.5, 0.6) is 0 Å². The van der Waals surface area contributed by atoms with Crippen LogP contribution in [0.1, 0.15) is 20.3 Å². The van der Waals surface area contributed by atoms with Crippen molar-refractivity contribution in [3.05, 3.63) is 53.5 Å². The van der Waals surface area contributed by atoms with Gasteiger partial charge in [0.25, 0.3) is 0 Å². The summed E-state index contributed by atoms with van der Waals surface area (Å²) in [7, 11) is 0. The first kappa shape index (κ1) is 13.4. The van der Waals surface area contributed by atoms with E-state index in [1.165, 1.54) is 15.2 Å². The molecule has 0 heterocycles. The average molecular weight is 304 g/mol. The van der Waals surface area contributed by atoms with Gasteiger partial charge in [-0.15, -0.1) is 0 Å². The maximum absolute atomic E-state index is 6.12. The van der Waals surface area contributed by atoms with Gasteiger partial charge in [-0.1, -0.05) is 0 Å². The molecule has 0 bridgehead atoms. The van der Waals surface area contributed by atoms with Gasteiger partial charge in [0.05, 0.1) is 0 Å². The molecule has 0 aromatic heterocycles. The molecule has 1 unspecified atom stereocenters. The van der Waals surface area contributed by atoms with Gasteiger partial charge in [0.2, 0.25) is 0 Å². The van der Waals surface area contributed by atoms with E-state index in [1.54, 1.807) is 0 Å². The molecule has 1 atom stereocenters. The standard InChI is InChI=1S/C16H19NSe/c1-3-16(2,17)11-12-18-15-10-6-8-13-7-4-5-9-14(13)15/h4-12H,3,17H2,1-2H3/b12-11+. The molecule has 0 saturated carbocycles. The van der Waals surface area contributed by atoms with Gasteiger partial charge in [0, 0.05) is 0 Å². The Morgan fingerprint density at radius 1 is 1.17 bits per heavy atom. The Hall–Kier alpha value is -1.08. The third kappa shape index (κ3) is 3.23. The Labute approximate surface area is 115 Å². The predicted octanol–water partition coefficient (Wildman–Crippen LogP) is 2.81. The second-order valence-corrected chi connectivity index (χ2v) is 6.75. The number of rotatable bonds is 4. The van der Waals surface area contributed by atoms with Gasteiger partial charge in [-0.25, -0.2) is 0 Å². The molecule has 2 aromatic rings. The van der Waals surface area contributed by atoms with Crippen LogP contribution in [0.4, 0.5) is 0 Å². The van der Waals surface area contributed by atoms with Crippen LogP contribution in [-0.2, 0) is 0 Å². The molecule has 0 saturated heterocycles. The summed E-state index contributed by atoms with van der Waals surface area (Å²) in [5, 5.41) is 2.68. The van der Waals surface area contributed by atoms with Gasteiger partial charge in [0.1, 0.15) is 0 Å². The van der Waals surface area contributed by atoms with E-state index in [9.17, 15) is 0 Å². The van der Waals surface area contributed by atoms with E-state index in [1.807, 2.05) is 0 Å². The maximum atomic E-state index is 6.12. The molecule has 1 nitrogen and oxygen atoms in total. The van der Waals surface area contributed by atoms with Gasteiger partial charge >= 0.3 is 115 Å². The van der Waals surface area contributed by atoms with Crippen LogP contribution in [-0.4, -0.2) is 20.5 Å². The number of hydrogen-bond acceptors (Lipinski definition) is 1. The van der Waals surface area contributed by atoms with Crippen molar-refractivity contribution in [1.82, 2.24) is 0 Å². The summed E-state index contributed by atoms with van der Waals surface area (Å²) >= 11 is 0.344. The van der Waals surface area contributed by atoms with E-state index >= 15 is 0 Å². The topological polar surface area (TPSA) is 26.0 Å². The quantitative estimate of drug-likeness (QED) is 0.864. The molecule has 0 radical (unpaired) electrons. The van der Waals surface area contributed by atoms with Crippen molar-refractivity contribution in [2.24, 2.45) is 5.73 Å². The first-order valence-electron chi connectivity index (χ1n) is 6.23. The van der Waals surface area contributed by atoms with Crippen molar-refractivity contribution in [3.8, 4) is 0 Å². The van der Waals surface area contributed by atoms with Crippen LogP contribution < -0.4 is 10.2 Å². The number of hydrogen-bond donors (Lipinski definition) is 1. The zero-order chi connectivity index (χ0) is 13.0. The summed E-state index contributed by atoms with van der Waals surface area (Å²) in [5.41, 5.74) is 5.94. The zero-order valence-corrected chi connectivity index (χ0v) is 12.6. The molecule has 2 heteroatoms. The second-order valence-electron chi connectivity index (χ2n) is 4.76. The fourth-order valence-electron chi connectivity index (χ4n) is 1.68. The Morgan fingerprint density at radius 3 is 2.67 bits per heavy atom. The van der Waals surface area contributed by atoms with Gasteiger partial charge in [-0.3, -0.25) is 0 Å². The number of benzene rings is 2. The van der Waals surface area contributed by atoms with Crippen molar-refractivity contribution >= 4 is 30.2 Å². The molecule has 94 valence electrons. The molecule has 0 fully saturated rings. The molecule has 0 aliphatic heterocycles. The Balaban J connectivity index is 2.23. The van der Waals surface area contributed by atoms with E-state index in [4.69, 9.17) is 5.73 Å². The van der Waals surface area contributed by atoms with Crippen molar-refractivity contribution in [3.63, 3.8) is 0 Å². The van der Waals surface area contributed by atoms with Crippen LogP contribution >= 0.6 is 0 Å². The van der Waals surface area contributed by atoms with E-state index in [2.05, 4.69) is 67.4 Å². The van der Waals surface area contributed by atoms with Crippen molar-refractivity contribution in [1.29, 1.82) is 0 Å². The summed E-state index contributed by atoms with van der Waals surface area (Å²) < 4.78 is 1.42. The second kappa shape index (κ2) is 5.71. The molecular weight excluding hydrogens is 285 g/mol. The Kier molecular flexibility index (Phi) is 4.23. The third-order valence-electron chi connectivity index (χ3n) is 3.16. The molecule has 0 amide bonds. The van der Waals surface area contributed by atoms with Crippen LogP contribution in [0, 0.1) is 0 Å². The molecule has 0 aliphatic carbocycles. The number of nitrogens with two attached hydrogens (primary N) is 1. The average Bonchev–Trinajstić information content (AvgIpc) is 2.39. The Bertz CT molecular complexity index is 553. The first-order chi connectivity index (χ1) is 8.62. The van der Waals surface area contributed by atoms with E-state index in [0.717, 1.165) is 6.42 Å². The van der Waals surface area contributed by atoms with Crippen LogP contribution in [0.2, 0.25) is 0 Å². The van der Waals surface area contributed by atoms with Gasteiger partial charge < -0.3 is 0 Å². The summed E-state index contributed by atoms with van der Waals surface area (Å²) in [6.07, 6.45) is 3.11. The third-order valence-corrected chi connectivity index (χ3v) is 5.01. The van der Waals surface area contributed by atoms with Crippen LogP contribution in [0.15, 0.2) is 53.5 Å². The van der Waals surface area contributed by atoms with E-state index in [-0.39, 0.29) is 5.54 Å². The normalized spacial score (nSPS) is 15.1. The monoisotopic (exact) mass is 305 g/mol. The molecule has 2 rings (SSSR count). The molecule has 2 aromatic carbocycles. The number of fused-ring (bicyclic) bond motifs is 1. The molecule has 18 heavy (non-hydrogen) atoms. The molecule has 0 aliphatic rings. The van der Waals surface area contributed by atoms with Gasteiger partial charge in [0.15, 0.2) is 0 Å². The van der Waals surface area contributed by atoms with Gasteiger partial charge in [-0.2, -0.15) is 0 Å². The fourth-order valence-corrected chi connectivity index (χ4v) is 3.77. The predicted molar refractivity (Wildman–Crippen MR) is 81.4 cm³/mol. The van der Waals surface area contributed by atoms with E-state index < -0.39 is 0 Å². The molecular formula is C16H19NSe. The summed E-state index contributed by atoms with van der Waals surface area (Å²) in [4.78, 5) is 2.25. The summed E-state index contributed by atoms with van der Waals surface area (Å²) in [6.45, 7) is 4.19. The Morgan fingerprint density at radius 2 is 1.89 bits per heavy atom. The fraction of sp³-hybridized carbons (Fsp3) is 0.250.